The van der Waals surface area contributed by atoms with Gasteiger partial charge in [0.15, 0.2) is 6.79 Å². The highest BCUT2D eigenvalue weighted by molar-refractivity contribution is 6.36. The number of halogens is 2. The summed E-state index contributed by atoms with van der Waals surface area (Å²) in [4.78, 5) is 11.3. The average molecular weight is 336 g/mol. The van der Waals surface area contributed by atoms with E-state index in [0.29, 0.717) is 22.0 Å². The van der Waals surface area contributed by atoms with E-state index >= 15 is 0 Å². The molecule has 0 fully saturated rings. The van der Waals surface area contributed by atoms with E-state index in [9.17, 15) is 4.79 Å². The number of methoxy groups -OCH3 is 1. The largest absolute Gasteiger partial charge is 0.412 e. The maximum atomic E-state index is 11.3. The van der Waals surface area contributed by atoms with E-state index in [1.54, 1.807) is 18.2 Å². The maximum Gasteiger partial charge on any atom is 0.407 e. The molecule has 0 saturated heterocycles. The van der Waals surface area contributed by atoms with Gasteiger partial charge in [-0.25, -0.2) is 4.79 Å². The Morgan fingerprint density at radius 2 is 1.90 bits per heavy atom. The lowest BCUT2D eigenvalue weighted by atomic mass is 9.95. The summed E-state index contributed by atoms with van der Waals surface area (Å²) in [5, 5.41) is 0.640. The van der Waals surface area contributed by atoms with Gasteiger partial charge >= 0.3 is 6.09 Å². The number of hydrogen-bond donors (Lipinski definition) is 1. The van der Waals surface area contributed by atoms with Crippen LogP contribution in [-0.2, 0) is 20.0 Å². The second-order valence-electron chi connectivity index (χ2n) is 4.92. The van der Waals surface area contributed by atoms with Crippen molar-refractivity contribution in [2.24, 2.45) is 11.7 Å². The number of nitrogens with two attached hydrogens (primary N) is 1. The fourth-order valence-electron chi connectivity index (χ4n) is 2.07. The Labute approximate surface area is 134 Å². The van der Waals surface area contributed by atoms with Gasteiger partial charge in [0.1, 0.15) is 0 Å². The molecule has 21 heavy (non-hydrogen) atoms. The van der Waals surface area contributed by atoms with Crippen LogP contribution in [0.3, 0.4) is 0 Å². The lowest BCUT2D eigenvalue weighted by Gasteiger charge is -2.35. The SMILES string of the molecule is COCO[C@@](CC(C)C)(OC(N)=O)c1c(Cl)cccc1Cl. The van der Waals surface area contributed by atoms with E-state index in [4.69, 9.17) is 43.1 Å². The number of hydrogen-bond acceptors (Lipinski definition) is 4. The highest BCUT2D eigenvalue weighted by Crippen LogP contribution is 2.42. The lowest BCUT2D eigenvalue weighted by molar-refractivity contribution is -0.255. The fraction of sp³-hybridized carbons (Fsp3) is 0.500. The molecule has 0 aliphatic carbocycles. The van der Waals surface area contributed by atoms with Crippen LogP contribution in [0.4, 0.5) is 4.79 Å². The molecule has 1 atom stereocenters. The van der Waals surface area contributed by atoms with E-state index in [2.05, 4.69) is 0 Å². The summed E-state index contributed by atoms with van der Waals surface area (Å²) in [6.07, 6.45) is -0.661. The molecule has 1 amide bonds. The molecule has 1 rings (SSSR count). The molecular weight excluding hydrogens is 317 g/mol. The zero-order chi connectivity index (χ0) is 16.0. The number of ether oxygens (including phenoxy) is 3. The van der Waals surface area contributed by atoms with Crippen LogP contribution >= 0.6 is 23.2 Å². The van der Waals surface area contributed by atoms with Crippen molar-refractivity contribution >= 4 is 29.3 Å². The zero-order valence-corrected chi connectivity index (χ0v) is 13.7. The molecule has 7 heteroatoms. The Kier molecular flexibility index (Phi) is 6.74. The molecule has 0 bridgehead atoms. The van der Waals surface area contributed by atoms with Crippen LogP contribution in [0.5, 0.6) is 0 Å². The van der Waals surface area contributed by atoms with Crippen molar-refractivity contribution in [3.05, 3.63) is 33.8 Å². The smallest absolute Gasteiger partial charge is 0.407 e. The van der Waals surface area contributed by atoms with Crippen LogP contribution in [0.15, 0.2) is 18.2 Å². The van der Waals surface area contributed by atoms with E-state index < -0.39 is 11.9 Å². The normalized spacial score (nSPS) is 14.0. The van der Waals surface area contributed by atoms with Crippen molar-refractivity contribution in [1.29, 1.82) is 0 Å². The van der Waals surface area contributed by atoms with E-state index in [1.165, 1.54) is 7.11 Å². The third-order valence-corrected chi connectivity index (χ3v) is 3.33. The third-order valence-electron chi connectivity index (χ3n) is 2.70. The summed E-state index contributed by atoms with van der Waals surface area (Å²) in [5.41, 5.74) is 5.55. The quantitative estimate of drug-likeness (QED) is 0.767. The first-order chi connectivity index (χ1) is 9.82. The van der Waals surface area contributed by atoms with Crippen LogP contribution in [0.25, 0.3) is 0 Å². The Balaban J connectivity index is 3.40. The molecule has 0 aromatic heterocycles. The minimum Gasteiger partial charge on any atom is -0.412 e. The predicted octanol–water partition coefficient (Wildman–Crippen LogP) is 3.91. The standard InChI is InChI=1S/C14H19Cl2NO4/c1-9(2)7-14(20-8-19-3,21-13(17)18)12-10(15)5-4-6-11(12)16/h4-6,9H,7-8H2,1-3H3,(H2,17,18)/t14-/m0/s1. The minimum atomic E-state index is -1.49. The Hall–Kier alpha value is -1.01. The van der Waals surface area contributed by atoms with Gasteiger partial charge in [0.2, 0.25) is 5.79 Å². The second-order valence-corrected chi connectivity index (χ2v) is 5.73. The Morgan fingerprint density at radius 1 is 1.33 bits per heavy atom. The van der Waals surface area contributed by atoms with Gasteiger partial charge < -0.3 is 19.9 Å². The summed E-state index contributed by atoms with van der Waals surface area (Å²) in [6, 6.07) is 4.96. The molecular formula is C14H19Cl2NO4. The molecule has 0 heterocycles. The van der Waals surface area contributed by atoms with Crippen molar-refractivity contribution in [3.63, 3.8) is 0 Å². The van der Waals surface area contributed by atoms with Crippen LogP contribution in [0.2, 0.25) is 10.0 Å². The molecule has 1 aromatic rings. The van der Waals surface area contributed by atoms with E-state index in [1.807, 2.05) is 13.8 Å². The van der Waals surface area contributed by atoms with Gasteiger partial charge in [0.25, 0.3) is 0 Å². The Bertz CT molecular complexity index is 476. The number of carbonyl (C=O) groups excluding carboxylic acids is 1. The number of amides is 1. The van der Waals surface area contributed by atoms with Crippen molar-refractivity contribution < 1.29 is 19.0 Å². The molecule has 0 aliphatic heterocycles. The molecule has 2 N–H and O–H groups in total. The number of carbonyl (C=O) groups is 1. The van der Waals surface area contributed by atoms with Crippen LogP contribution in [0.1, 0.15) is 25.8 Å². The van der Waals surface area contributed by atoms with E-state index in [-0.39, 0.29) is 12.7 Å². The molecule has 118 valence electrons. The van der Waals surface area contributed by atoms with Gasteiger partial charge in [-0.2, -0.15) is 0 Å². The van der Waals surface area contributed by atoms with Gasteiger partial charge in [0, 0.05) is 13.5 Å². The first-order valence-corrected chi connectivity index (χ1v) is 7.14. The molecule has 5 nitrogen and oxygen atoms in total. The summed E-state index contributed by atoms with van der Waals surface area (Å²) in [6.45, 7) is 3.78. The molecule has 0 radical (unpaired) electrons. The van der Waals surface area contributed by atoms with E-state index in [0.717, 1.165) is 0 Å². The molecule has 0 unspecified atom stereocenters. The number of benzene rings is 1. The van der Waals surface area contributed by atoms with Gasteiger partial charge in [-0.1, -0.05) is 43.1 Å². The summed E-state index contributed by atoms with van der Waals surface area (Å²) < 4.78 is 15.8. The zero-order valence-electron chi connectivity index (χ0n) is 12.2. The topological polar surface area (TPSA) is 70.8 Å². The number of rotatable bonds is 7. The van der Waals surface area contributed by atoms with Gasteiger partial charge in [-0.05, 0) is 18.1 Å². The minimum absolute atomic E-state index is 0.110. The Morgan fingerprint density at radius 3 is 2.33 bits per heavy atom. The van der Waals surface area contributed by atoms with Crippen LogP contribution in [0, 0.1) is 5.92 Å². The van der Waals surface area contributed by atoms with Crippen LogP contribution in [-0.4, -0.2) is 20.0 Å². The first-order valence-electron chi connectivity index (χ1n) is 6.38. The van der Waals surface area contributed by atoms with Gasteiger partial charge in [0.05, 0.1) is 15.6 Å². The summed E-state index contributed by atoms with van der Waals surface area (Å²) in [7, 11) is 1.46. The number of primary amides is 1. The average Bonchev–Trinajstić information content (AvgIpc) is 2.34. The summed E-state index contributed by atoms with van der Waals surface area (Å²) >= 11 is 12.4. The maximum absolute atomic E-state index is 11.3. The van der Waals surface area contributed by atoms with Crippen molar-refractivity contribution in [2.45, 2.75) is 26.1 Å². The van der Waals surface area contributed by atoms with Crippen LogP contribution < -0.4 is 5.73 Å². The van der Waals surface area contributed by atoms with Gasteiger partial charge in [-0.15, -0.1) is 0 Å². The fourth-order valence-corrected chi connectivity index (χ4v) is 2.76. The molecule has 1 aromatic carbocycles. The predicted molar refractivity (Wildman–Crippen MR) is 81.2 cm³/mol. The van der Waals surface area contributed by atoms with Crippen molar-refractivity contribution in [3.8, 4) is 0 Å². The lowest BCUT2D eigenvalue weighted by Crippen LogP contribution is -2.40. The third kappa shape index (κ3) is 4.74. The second kappa shape index (κ2) is 7.84. The van der Waals surface area contributed by atoms with Crippen molar-refractivity contribution in [2.75, 3.05) is 13.9 Å². The highest BCUT2D eigenvalue weighted by Gasteiger charge is 2.41. The van der Waals surface area contributed by atoms with Gasteiger partial charge in [-0.3, -0.25) is 0 Å². The molecule has 0 saturated carbocycles. The molecule has 0 aliphatic rings. The highest BCUT2D eigenvalue weighted by atomic mass is 35.5. The monoisotopic (exact) mass is 335 g/mol. The first kappa shape index (κ1) is 18.0. The molecule has 0 spiro atoms. The van der Waals surface area contributed by atoms with Crippen molar-refractivity contribution in [1.82, 2.24) is 0 Å². The summed E-state index contributed by atoms with van der Waals surface area (Å²) in [5.74, 6) is -1.38.